The zero-order valence-corrected chi connectivity index (χ0v) is 14.9. The van der Waals surface area contributed by atoms with E-state index in [9.17, 15) is 9.59 Å². The van der Waals surface area contributed by atoms with Crippen molar-refractivity contribution in [3.63, 3.8) is 0 Å². The fraction of sp³-hybridized carbons (Fsp3) is 0.611. The Morgan fingerprint density at radius 2 is 2.12 bits per heavy atom. The topological polar surface area (TPSA) is 65.5 Å². The van der Waals surface area contributed by atoms with Crippen molar-refractivity contribution in [2.75, 3.05) is 32.7 Å². The number of nitrogens with one attached hydrogen (secondary N) is 1. The summed E-state index contributed by atoms with van der Waals surface area (Å²) in [5.74, 6) is -0.434. The molecule has 1 aliphatic rings. The Morgan fingerprint density at radius 3 is 2.79 bits per heavy atom. The van der Waals surface area contributed by atoms with E-state index in [-0.39, 0.29) is 17.7 Å². The predicted molar refractivity (Wildman–Crippen MR) is 93.5 cm³/mol. The number of fused-ring (bicyclic) bond motifs is 1. The van der Waals surface area contributed by atoms with Gasteiger partial charge in [0.2, 0.25) is 11.8 Å². The molecule has 2 heterocycles. The summed E-state index contributed by atoms with van der Waals surface area (Å²) in [5.41, 5.74) is 1.76. The smallest absolute Gasteiger partial charge is 0.230 e. The number of rotatable bonds is 7. The Bertz CT molecular complexity index is 572. The minimum absolute atomic E-state index is 0.0103. The summed E-state index contributed by atoms with van der Waals surface area (Å²) < 4.78 is 0. The number of pyridine rings is 1. The summed E-state index contributed by atoms with van der Waals surface area (Å²) in [7, 11) is 0. The molecule has 0 fully saturated rings. The lowest BCUT2D eigenvalue weighted by molar-refractivity contribution is -0.131. The van der Waals surface area contributed by atoms with Gasteiger partial charge in [-0.3, -0.25) is 14.6 Å². The third-order valence-electron chi connectivity index (χ3n) is 4.63. The van der Waals surface area contributed by atoms with Crippen LogP contribution in [0.2, 0.25) is 0 Å². The predicted octanol–water partition coefficient (Wildman–Crippen LogP) is 1.38. The van der Waals surface area contributed by atoms with Crippen LogP contribution in [0.5, 0.6) is 0 Å². The second kappa shape index (κ2) is 8.78. The van der Waals surface area contributed by atoms with E-state index in [1.807, 2.05) is 12.1 Å². The second-order valence-corrected chi connectivity index (χ2v) is 6.17. The number of amides is 2. The first-order valence-corrected chi connectivity index (χ1v) is 8.76. The van der Waals surface area contributed by atoms with Crippen LogP contribution >= 0.6 is 0 Å². The minimum Gasteiger partial charge on any atom is -0.355 e. The number of carbonyl (C=O) groups is 2. The molecular weight excluding hydrogens is 304 g/mol. The van der Waals surface area contributed by atoms with E-state index in [0.29, 0.717) is 19.6 Å². The Balaban J connectivity index is 1.96. The maximum atomic E-state index is 12.6. The van der Waals surface area contributed by atoms with Crippen LogP contribution in [-0.4, -0.2) is 59.3 Å². The largest absolute Gasteiger partial charge is 0.355 e. The molecule has 1 aromatic rings. The Kier molecular flexibility index (Phi) is 6.73. The molecule has 0 saturated heterocycles. The minimum atomic E-state index is -0.382. The zero-order chi connectivity index (χ0) is 17.5. The van der Waals surface area contributed by atoms with Gasteiger partial charge in [-0.1, -0.05) is 19.9 Å². The van der Waals surface area contributed by atoms with Crippen LogP contribution in [0.1, 0.15) is 44.4 Å². The second-order valence-electron chi connectivity index (χ2n) is 6.17. The van der Waals surface area contributed by atoms with Gasteiger partial charge in [0.25, 0.3) is 0 Å². The molecule has 0 radical (unpaired) electrons. The monoisotopic (exact) mass is 332 g/mol. The van der Waals surface area contributed by atoms with Gasteiger partial charge in [0, 0.05) is 32.8 Å². The van der Waals surface area contributed by atoms with E-state index < -0.39 is 0 Å². The van der Waals surface area contributed by atoms with Crippen molar-refractivity contribution < 1.29 is 9.59 Å². The summed E-state index contributed by atoms with van der Waals surface area (Å²) >= 11 is 0. The summed E-state index contributed by atoms with van der Waals surface area (Å²) in [6.45, 7) is 10.4. The first-order valence-electron chi connectivity index (χ1n) is 8.76. The maximum Gasteiger partial charge on any atom is 0.230 e. The number of nitrogens with zero attached hydrogens (tertiary/aromatic N) is 3. The Morgan fingerprint density at radius 1 is 1.38 bits per heavy atom. The number of hydrogen-bond acceptors (Lipinski definition) is 4. The lowest BCUT2D eigenvalue weighted by atomic mass is 9.94. The van der Waals surface area contributed by atoms with Crippen LogP contribution in [0.3, 0.4) is 0 Å². The molecule has 1 atom stereocenters. The highest BCUT2D eigenvalue weighted by molar-refractivity contribution is 5.85. The van der Waals surface area contributed by atoms with Crippen LogP contribution in [0.25, 0.3) is 0 Å². The first kappa shape index (κ1) is 18.4. The number of hydrogen-bond donors (Lipinski definition) is 1. The van der Waals surface area contributed by atoms with Crippen LogP contribution in [-0.2, 0) is 16.1 Å². The van der Waals surface area contributed by atoms with Crippen molar-refractivity contribution >= 4 is 11.8 Å². The van der Waals surface area contributed by atoms with Crippen molar-refractivity contribution in [1.29, 1.82) is 0 Å². The molecule has 132 valence electrons. The van der Waals surface area contributed by atoms with Crippen molar-refractivity contribution in [3.8, 4) is 0 Å². The van der Waals surface area contributed by atoms with Crippen molar-refractivity contribution in [3.05, 3.63) is 29.6 Å². The molecule has 6 heteroatoms. The molecule has 2 amide bonds. The molecule has 0 saturated carbocycles. The molecule has 6 nitrogen and oxygen atoms in total. The highest BCUT2D eigenvalue weighted by atomic mass is 16.2. The van der Waals surface area contributed by atoms with Crippen LogP contribution < -0.4 is 5.32 Å². The summed E-state index contributed by atoms with van der Waals surface area (Å²) in [5, 5.41) is 3.01. The SMILES string of the molecule is CCN(CC)CCCNC(=O)C1CN(C(C)=O)Cc2cccnc21. The van der Waals surface area contributed by atoms with Gasteiger partial charge in [0.1, 0.15) is 0 Å². The van der Waals surface area contributed by atoms with E-state index in [1.54, 1.807) is 18.0 Å². The van der Waals surface area contributed by atoms with E-state index in [2.05, 4.69) is 29.0 Å². The fourth-order valence-electron chi connectivity index (χ4n) is 3.10. The lowest BCUT2D eigenvalue weighted by Gasteiger charge is -2.32. The molecular formula is C18H28N4O2. The van der Waals surface area contributed by atoms with Crippen molar-refractivity contribution in [2.24, 2.45) is 0 Å². The van der Waals surface area contributed by atoms with Gasteiger partial charge in [-0.15, -0.1) is 0 Å². The Labute approximate surface area is 144 Å². The zero-order valence-electron chi connectivity index (χ0n) is 14.9. The van der Waals surface area contributed by atoms with Crippen LogP contribution in [0, 0.1) is 0 Å². The normalized spacial score (nSPS) is 16.8. The molecule has 1 unspecified atom stereocenters. The fourth-order valence-corrected chi connectivity index (χ4v) is 3.10. The number of carbonyl (C=O) groups excluding carboxylic acids is 2. The molecule has 1 aromatic heterocycles. The molecule has 0 aromatic carbocycles. The highest BCUT2D eigenvalue weighted by Gasteiger charge is 2.32. The maximum absolute atomic E-state index is 12.6. The van der Waals surface area contributed by atoms with Gasteiger partial charge in [-0.05, 0) is 37.7 Å². The van der Waals surface area contributed by atoms with E-state index in [0.717, 1.165) is 37.3 Å². The molecule has 1 aliphatic heterocycles. The Hall–Kier alpha value is -1.95. The van der Waals surface area contributed by atoms with E-state index in [4.69, 9.17) is 0 Å². The summed E-state index contributed by atoms with van der Waals surface area (Å²) in [6, 6.07) is 3.79. The third kappa shape index (κ3) is 4.54. The molecule has 1 N–H and O–H groups in total. The van der Waals surface area contributed by atoms with Crippen molar-refractivity contribution in [1.82, 2.24) is 20.1 Å². The average molecular weight is 332 g/mol. The van der Waals surface area contributed by atoms with Gasteiger partial charge in [-0.2, -0.15) is 0 Å². The van der Waals surface area contributed by atoms with Crippen molar-refractivity contribution in [2.45, 2.75) is 39.7 Å². The summed E-state index contributed by atoms with van der Waals surface area (Å²) in [6.07, 6.45) is 2.63. The molecule has 2 rings (SSSR count). The van der Waals surface area contributed by atoms with Gasteiger partial charge >= 0.3 is 0 Å². The lowest BCUT2D eigenvalue weighted by Crippen LogP contribution is -2.43. The quantitative estimate of drug-likeness (QED) is 0.766. The standard InChI is InChI=1S/C18H28N4O2/c1-4-21(5-2)11-7-10-20-18(24)16-13-22(14(3)23)12-15-8-6-9-19-17(15)16/h6,8-9,16H,4-5,7,10-13H2,1-3H3,(H,20,24). The average Bonchev–Trinajstić information content (AvgIpc) is 2.60. The molecule has 0 bridgehead atoms. The van der Waals surface area contributed by atoms with E-state index >= 15 is 0 Å². The molecule has 24 heavy (non-hydrogen) atoms. The van der Waals surface area contributed by atoms with Gasteiger partial charge in [-0.25, -0.2) is 0 Å². The van der Waals surface area contributed by atoms with Gasteiger partial charge in [0.05, 0.1) is 11.6 Å². The third-order valence-corrected chi connectivity index (χ3v) is 4.63. The number of aromatic nitrogens is 1. The first-order chi connectivity index (χ1) is 11.6. The van der Waals surface area contributed by atoms with E-state index in [1.165, 1.54) is 0 Å². The van der Waals surface area contributed by atoms with Crippen LogP contribution in [0.15, 0.2) is 18.3 Å². The molecule has 0 spiro atoms. The van der Waals surface area contributed by atoms with Crippen LogP contribution in [0.4, 0.5) is 0 Å². The summed E-state index contributed by atoms with van der Waals surface area (Å²) in [4.78, 5) is 32.8. The molecule has 0 aliphatic carbocycles. The van der Waals surface area contributed by atoms with Gasteiger partial charge < -0.3 is 15.1 Å². The van der Waals surface area contributed by atoms with Gasteiger partial charge in [0.15, 0.2) is 0 Å². The highest BCUT2D eigenvalue weighted by Crippen LogP contribution is 2.26.